The molecule has 2 nitrogen and oxygen atoms in total. The van der Waals surface area contributed by atoms with Gasteiger partial charge in [-0.25, -0.2) is 0 Å². The summed E-state index contributed by atoms with van der Waals surface area (Å²) in [5.41, 5.74) is 5.75. The van der Waals surface area contributed by atoms with Crippen LogP contribution in [0.5, 0.6) is 0 Å². The molecule has 2 N–H and O–H groups in total. The van der Waals surface area contributed by atoms with Gasteiger partial charge in [-0.3, -0.25) is 0 Å². The summed E-state index contributed by atoms with van der Waals surface area (Å²) in [5, 5.41) is 0. The Morgan fingerprint density at radius 1 is 1.09 bits per heavy atom. The maximum Gasteiger partial charge on any atom is 0.0617 e. The molecule has 3 heteroatoms. The van der Waals surface area contributed by atoms with Gasteiger partial charge in [-0.2, -0.15) is 0 Å². The van der Waals surface area contributed by atoms with Gasteiger partial charge in [0, 0.05) is 12.6 Å². The molecule has 68 valence electrons. The van der Waals surface area contributed by atoms with Gasteiger partial charge in [-0.1, -0.05) is 19.3 Å². The average Bonchev–Trinajstić information content (AvgIpc) is 2.02. The topological polar surface area (TPSA) is 35.2 Å². The Morgan fingerprint density at radius 3 is 2.64 bits per heavy atom. The molecule has 0 amide bonds. The Bertz CT molecular complexity index is 80.2. The first-order chi connectivity index (χ1) is 4.89. The van der Waals surface area contributed by atoms with E-state index >= 15 is 0 Å². The van der Waals surface area contributed by atoms with Crippen molar-refractivity contribution in [2.45, 2.75) is 38.1 Å². The summed E-state index contributed by atoms with van der Waals surface area (Å²) in [6.07, 6.45) is 6.28. The number of nitrogens with two attached hydrogens (primary N) is 1. The molecule has 0 saturated carbocycles. The Balaban J connectivity index is 0.000001000. The lowest BCUT2D eigenvalue weighted by Crippen LogP contribution is -2.25. The Hall–Kier alpha value is 0.210. The second-order valence-electron chi connectivity index (χ2n) is 3.04. The number of hydrogen-bond acceptors (Lipinski definition) is 2. The third-order valence-corrected chi connectivity index (χ3v) is 1.95. The first-order valence-electron chi connectivity index (χ1n) is 4.23. The van der Waals surface area contributed by atoms with Gasteiger partial charge >= 0.3 is 0 Å². The van der Waals surface area contributed by atoms with Crippen LogP contribution in [-0.4, -0.2) is 19.3 Å². The highest BCUT2D eigenvalue weighted by molar-refractivity contribution is 5.85. The first kappa shape index (κ1) is 11.2. The smallest absolute Gasteiger partial charge is 0.0617 e. The molecule has 1 fully saturated rings. The predicted molar refractivity (Wildman–Crippen MR) is 49.1 cm³/mol. The lowest BCUT2D eigenvalue weighted by atomic mass is 10.1. The van der Waals surface area contributed by atoms with Crippen LogP contribution < -0.4 is 5.73 Å². The van der Waals surface area contributed by atoms with Crippen molar-refractivity contribution in [3.63, 3.8) is 0 Å². The molecule has 1 heterocycles. The second-order valence-corrected chi connectivity index (χ2v) is 3.04. The molecule has 0 aromatic carbocycles. The molecule has 0 spiro atoms. The molecule has 11 heavy (non-hydrogen) atoms. The van der Waals surface area contributed by atoms with Crippen molar-refractivity contribution in [1.82, 2.24) is 0 Å². The van der Waals surface area contributed by atoms with E-state index < -0.39 is 0 Å². The van der Waals surface area contributed by atoms with Crippen molar-refractivity contribution >= 4 is 12.4 Å². The van der Waals surface area contributed by atoms with E-state index in [9.17, 15) is 0 Å². The molecule has 1 aliphatic rings. The summed E-state index contributed by atoms with van der Waals surface area (Å²) in [6, 6.07) is 0.290. The zero-order chi connectivity index (χ0) is 7.23. The fourth-order valence-electron chi connectivity index (χ4n) is 1.28. The first-order valence-corrected chi connectivity index (χ1v) is 4.23. The van der Waals surface area contributed by atoms with Crippen LogP contribution in [-0.2, 0) is 4.74 Å². The van der Waals surface area contributed by atoms with Gasteiger partial charge in [0.15, 0.2) is 0 Å². The summed E-state index contributed by atoms with van der Waals surface area (Å²) in [5.74, 6) is 0. The van der Waals surface area contributed by atoms with Crippen LogP contribution in [0.25, 0.3) is 0 Å². The highest BCUT2D eigenvalue weighted by Gasteiger charge is 2.04. The molecule has 1 unspecified atom stereocenters. The Labute approximate surface area is 74.9 Å². The maximum atomic E-state index is 5.75. The van der Waals surface area contributed by atoms with Gasteiger partial charge in [0.1, 0.15) is 0 Å². The maximum absolute atomic E-state index is 5.75. The highest BCUT2D eigenvalue weighted by Crippen LogP contribution is 2.07. The summed E-state index contributed by atoms with van der Waals surface area (Å²) in [4.78, 5) is 0. The van der Waals surface area contributed by atoms with E-state index in [2.05, 4.69) is 0 Å². The Morgan fingerprint density at radius 2 is 1.82 bits per heavy atom. The minimum absolute atomic E-state index is 0. The SMILES string of the molecule is Cl.NC1CCCCCCOC1. The van der Waals surface area contributed by atoms with Crippen LogP contribution in [0.4, 0.5) is 0 Å². The van der Waals surface area contributed by atoms with Gasteiger partial charge in [0.05, 0.1) is 6.61 Å². The molecule has 1 aliphatic heterocycles. The highest BCUT2D eigenvalue weighted by atomic mass is 35.5. The molecule has 1 saturated heterocycles. The van der Waals surface area contributed by atoms with E-state index in [0.717, 1.165) is 19.6 Å². The zero-order valence-corrected chi connectivity index (χ0v) is 7.74. The fraction of sp³-hybridized carbons (Fsp3) is 1.00. The number of rotatable bonds is 0. The molecular weight excluding hydrogens is 162 g/mol. The molecule has 0 radical (unpaired) electrons. The van der Waals surface area contributed by atoms with E-state index in [1.165, 1.54) is 25.7 Å². The lowest BCUT2D eigenvalue weighted by Gasteiger charge is -2.08. The van der Waals surface area contributed by atoms with E-state index in [4.69, 9.17) is 10.5 Å². The number of halogens is 1. The van der Waals surface area contributed by atoms with Crippen molar-refractivity contribution in [3.8, 4) is 0 Å². The number of ether oxygens (including phenoxy) is 1. The lowest BCUT2D eigenvalue weighted by molar-refractivity contribution is 0.120. The van der Waals surface area contributed by atoms with Crippen molar-refractivity contribution in [3.05, 3.63) is 0 Å². The summed E-state index contributed by atoms with van der Waals surface area (Å²) >= 11 is 0. The minimum atomic E-state index is 0. The van der Waals surface area contributed by atoms with E-state index in [1.54, 1.807) is 0 Å². The summed E-state index contributed by atoms with van der Waals surface area (Å²) in [6.45, 7) is 1.67. The van der Waals surface area contributed by atoms with Gasteiger partial charge in [-0.05, 0) is 12.8 Å². The largest absolute Gasteiger partial charge is 0.380 e. The van der Waals surface area contributed by atoms with Crippen LogP contribution in [0.15, 0.2) is 0 Å². The van der Waals surface area contributed by atoms with Crippen molar-refractivity contribution in [1.29, 1.82) is 0 Å². The summed E-state index contributed by atoms with van der Waals surface area (Å²) in [7, 11) is 0. The fourth-order valence-corrected chi connectivity index (χ4v) is 1.28. The average molecular weight is 180 g/mol. The third-order valence-electron chi connectivity index (χ3n) is 1.95. The van der Waals surface area contributed by atoms with Crippen LogP contribution in [0.3, 0.4) is 0 Å². The zero-order valence-electron chi connectivity index (χ0n) is 6.92. The predicted octanol–water partition coefficient (Wildman–Crippen LogP) is 1.72. The second kappa shape index (κ2) is 6.89. The molecule has 0 aromatic heterocycles. The molecule has 0 bridgehead atoms. The van der Waals surface area contributed by atoms with Crippen molar-refractivity contribution in [2.24, 2.45) is 5.73 Å². The standard InChI is InChI=1S/C8H17NO.ClH/c9-8-5-3-1-2-4-6-10-7-8;/h8H,1-7,9H2;1H. The van der Waals surface area contributed by atoms with Crippen LogP contribution in [0, 0.1) is 0 Å². The summed E-state index contributed by atoms with van der Waals surface area (Å²) < 4.78 is 5.34. The molecular formula is C8H18ClNO. The third kappa shape index (κ3) is 5.48. The van der Waals surface area contributed by atoms with Crippen molar-refractivity contribution < 1.29 is 4.74 Å². The Kier molecular flexibility index (Phi) is 7.02. The monoisotopic (exact) mass is 179 g/mol. The van der Waals surface area contributed by atoms with Gasteiger partial charge in [0.2, 0.25) is 0 Å². The van der Waals surface area contributed by atoms with E-state index in [-0.39, 0.29) is 18.4 Å². The minimum Gasteiger partial charge on any atom is -0.380 e. The molecule has 1 rings (SSSR count). The van der Waals surface area contributed by atoms with Crippen LogP contribution in [0.1, 0.15) is 32.1 Å². The van der Waals surface area contributed by atoms with Gasteiger partial charge < -0.3 is 10.5 Å². The quantitative estimate of drug-likeness (QED) is 0.615. The van der Waals surface area contributed by atoms with Gasteiger partial charge in [-0.15, -0.1) is 12.4 Å². The van der Waals surface area contributed by atoms with Crippen LogP contribution >= 0.6 is 12.4 Å². The van der Waals surface area contributed by atoms with Crippen molar-refractivity contribution in [2.75, 3.05) is 13.2 Å². The van der Waals surface area contributed by atoms with Crippen LogP contribution in [0.2, 0.25) is 0 Å². The number of hydrogen-bond donors (Lipinski definition) is 1. The molecule has 1 atom stereocenters. The van der Waals surface area contributed by atoms with Gasteiger partial charge in [0.25, 0.3) is 0 Å². The van der Waals surface area contributed by atoms with E-state index in [1.807, 2.05) is 0 Å². The normalized spacial score (nSPS) is 27.5. The molecule has 0 aromatic rings. The van der Waals surface area contributed by atoms with E-state index in [0.29, 0.717) is 0 Å². The molecule has 0 aliphatic carbocycles.